The van der Waals surface area contributed by atoms with Gasteiger partial charge in [-0.2, -0.15) is 0 Å². The van der Waals surface area contributed by atoms with E-state index in [2.05, 4.69) is 5.32 Å². The molecule has 0 aliphatic carbocycles. The summed E-state index contributed by atoms with van der Waals surface area (Å²) >= 11 is 0. The molecule has 0 atom stereocenters. The van der Waals surface area contributed by atoms with Crippen LogP contribution in [0, 0.1) is 26.6 Å². The van der Waals surface area contributed by atoms with Crippen molar-refractivity contribution in [1.82, 2.24) is 0 Å². The van der Waals surface area contributed by atoms with Crippen LogP contribution in [0.15, 0.2) is 36.4 Å². The fraction of sp³-hybridized carbons (Fsp3) is 0.188. The smallest absolute Gasteiger partial charge is 0.255 e. The number of carbonyl (C=O) groups is 1. The van der Waals surface area contributed by atoms with E-state index in [9.17, 15) is 9.18 Å². The number of amides is 1. The first-order valence-corrected chi connectivity index (χ1v) is 6.12. The molecule has 0 saturated carbocycles. The topological polar surface area (TPSA) is 29.1 Å². The van der Waals surface area contributed by atoms with Gasteiger partial charge in [0.25, 0.3) is 5.91 Å². The van der Waals surface area contributed by atoms with Gasteiger partial charge in [0, 0.05) is 11.3 Å². The van der Waals surface area contributed by atoms with E-state index >= 15 is 0 Å². The molecule has 0 spiro atoms. The lowest BCUT2D eigenvalue weighted by Crippen LogP contribution is -2.13. The molecule has 1 N–H and O–H groups in total. The first-order valence-electron chi connectivity index (χ1n) is 6.12. The highest BCUT2D eigenvalue weighted by Gasteiger charge is 2.10. The third kappa shape index (κ3) is 2.99. The lowest BCUT2D eigenvalue weighted by Gasteiger charge is -2.09. The molecule has 0 saturated heterocycles. The normalized spacial score (nSPS) is 10.3. The first-order chi connectivity index (χ1) is 8.97. The van der Waals surface area contributed by atoms with Crippen LogP contribution in [0.3, 0.4) is 0 Å². The van der Waals surface area contributed by atoms with Crippen molar-refractivity contribution in [1.29, 1.82) is 0 Å². The van der Waals surface area contributed by atoms with Gasteiger partial charge in [0.15, 0.2) is 0 Å². The molecule has 0 aromatic heterocycles. The predicted octanol–water partition coefficient (Wildman–Crippen LogP) is 4.00. The Kier molecular flexibility index (Phi) is 3.65. The van der Waals surface area contributed by atoms with Gasteiger partial charge in [-0.25, -0.2) is 4.39 Å². The Hall–Kier alpha value is -2.16. The molecular weight excluding hydrogens is 241 g/mol. The Morgan fingerprint density at radius 3 is 2.32 bits per heavy atom. The predicted molar refractivity (Wildman–Crippen MR) is 75.0 cm³/mol. The van der Waals surface area contributed by atoms with Crippen molar-refractivity contribution < 1.29 is 9.18 Å². The number of aryl methyl sites for hydroxylation is 3. The summed E-state index contributed by atoms with van der Waals surface area (Å²) in [4.78, 5) is 12.1. The molecule has 3 heteroatoms. The van der Waals surface area contributed by atoms with E-state index in [-0.39, 0.29) is 11.7 Å². The molecule has 0 unspecified atom stereocenters. The Bertz CT molecular complexity index is 635. The minimum absolute atomic E-state index is 0.222. The molecule has 2 aromatic rings. The van der Waals surface area contributed by atoms with Crippen molar-refractivity contribution >= 4 is 11.6 Å². The molecule has 19 heavy (non-hydrogen) atoms. The summed E-state index contributed by atoms with van der Waals surface area (Å²) in [7, 11) is 0. The Balaban J connectivity index is 2.23. The zero-order chi connectivity index (χ0) is 14.0. The monoisotopic (exact) mass is 257 g/mol. The molecule has 2 rings (SSSR count). The minimum atomic E-state index is -0.333. The Morgan fingerprint density at radius 2 is 1.68 bits per heavy atom. The largest absolute Gasteiger partial charge is 0.322 e. The Morgan fingerprint density at radius 1 is 0.947 bits per heavy atom. The molecule has 0 aliphatic heterocycles. The lowest BCUT2D eigenvalue weighted by atomic mass is 10.1. The standard InChI is InChI=1S/C16H16FNO/c1-10-4-6-14(9-11(10)2)18-16(19)15-7-5-13(17)8-12(15)3/h4-9H,1-3H3,(H,18,19). The van der Waals surface area contributed by atoms with Crippen molar-refractivity contribution in [2.75, 3.05) is 5.32 Å². The zero-order valence-corrected chi connectivity index (χ0v) is 11.3. The number of hydrogen-bond acceptors (Lipinski definition) is 1. The summed E-state index contributed by atoms with van der Waals surface area (Å²) in [5.41, 5.74) is 4.15. The number of nitrogens with one attached hydrogen (secondary N) is 1. The lowest BCUT2D eigenvalue weighted by molar-refractivity contribution is 0.102. The van der Waals surface area contributed by atoms with Crippen LogP contribution < -0.4 is 5.32 Å². The van der Waals surface area contributed by atoms with Gasteiger partial charge in [0.2, 0.25) is 0 Å². The minimum Gasteiger partial charge on any atom is -0.322 e. The van der Waals surface area contributed by atoms with Crippen LogP contribution in [-0.2, 0) is 0 Å². The summed E-state index contributed by atoms with van der Waals surface area (Å²) < 4.78 is 13.0. The molecule has 0 heterocycles. The molecule has 1 amide bonds. The molecule has 0 fully saturated rings. The van der Waals surface area contributed by atoms with Gasteiger partial charge in [-0.1, -0.05) is 6.07 Å². The SMILES string of the molecule is Cc1ccc(NC(=O)c2ccc(F)cc2C)cc1C. The van der Waals surface area contributed by atoms with Crippen LogP contribution >= 0.6 is 0 Å². The fourth-order valence-corrected chi connectivity index (χ4v) is 1.90. The highest BCUT2D eigenvalue weighted by molar-refractivity contribution is 6.05. The van der Waals surface area contributed by atoms with Crippen molar-refractivity contribution in [3.8, 4) is 0 Å². The van der Waals surface area contributed by atoms with Gasteiger partial charge in [0.1, 0.15) is 5.82 Å². The van der Waals surface area contributed by atoms with E-state index in [4.69, 9.17) is 0 Å². The summed E-state index contributed by atoms with van der Waals surface area (Å²) in [6.07, 6.45) is 0. The molecule has 0 radical (unpaired) electrons. The number of anilines is 1. The summed E-state index contributed by atoms with van der Waals surface area (Å²) in [6.45, 7) is 5.73. The quantitative estimate of drug-likeness (QED) is 0.865. The van der Waals surface area contributed by atoms with Crippen LogP contribution in [0.5, 0.6) is 0 Å². The van der Waals surface area contributed by atoms with Gasteiger partial charge >= 0.3 is 0 Å². The van der Waals surface area contributed by atoms with Crippen molar-refractivity contribution in [3.05, 3.63) is 64.5 Å². The number of benzene rings is 2. The molecule has 2 aromatic carbocycles. The summed E-state index contributed by atoms with van der Waals surface area (Å²) in [5, 5.41) is 2.83. The molecule has 0 bridgehead atoms. The maximum atomic E-state index is 13.0. The second kappa shape index (κ2) is 5.22. The molecule has 2 nitrogen and oxygen atoms in total. The second-order valence-corrected chi connectivity index (χ2v) is 4.71. The first kappa shape index (κ1) is 13.3. The van der Waals surface area contributed by atoms with Crippen LogP contribution in [0.1, 0.15) is 27.0 Å². The van der Waals surface area contributed by atoms with E-state index in [1.807, 2.05) is 32.0 Å². The summed E-state index contributed by atoms with van der Waals surface area (Å²) in [6, 6.07) is 9.90. The third-order valence-electron chi connectivity index (χ3n) is 3.20. The van der Waals surface area contributed by atoms with Crippen LogP contribution in [0.25, 0.3) is 0 Å². The average Bonchev–Trinajstić information content (AvgIpc) is 2.33. The maximum Gasteiger partial charge on any atom is 0.255 e. The van der Waals surface area contributed by atoms with Crippen LogP contribution in [-0.4, -0.2) is 5.91 Å². The fourth-order valence-electron chi connectivity index (χ4n) is 1.90. The molecule has 0 aliphatic rings. The molecular formula is C16H16FNO. The molecule has 98 valence electrons. The average molecular weight is 257 g/mol. The van der Waals surface area contributed by atoms with E-state index in [1.54, 1.807) is 6.92 Å². The van der Waals surface area contributed by atoms with Crippen molar-refractivity contribution in [2.24, 2.45) is 0 Å². The van der Waals surface area contributed by atoms with E-state index in [0.717, 1.165) is 11.3 Å². The third-order valence-corrected chi connectivity index (χ3v) is 3.20. The highest BCUT2D eigenvalue weighted by Crippen LogP contribution is 2.17. The number of rotatable bonds is 2. The number of hydrogen-bond donors (Lipinski definition) is 1. The zero-order valence-electron chi connectivity index (χ0n) is 11.3. The van der Waals surface area contributed by atoms with Crippen molar-refractivity contribution in [2.45, 2.75) is 20.8 Å². The van der Waals surface area contributed by atoms with Gasteiger partial charge in [0.05, 0.1) is 0 Å². The maximum absolute atomic E-state index is 13.0. The second-order valence-electron chi connectivity index (χ2n) is 4.71. The van der Waals surface area contributed by atoms with Gasteiger partial charge in [-0.05, 0) is 67.8 Å². The van der Waals surface area contributed by atoms with E-state index < -0.39 is 0 Å². The van der Waals surface area contributed by atoms with Crippen LogP contribution in [0.2, 0.25) is 0 Å². The Labute approximate surface area is 112 Å². The van der Waals surface area contributed by atoms with E-state index in [0.29, 0.717) is 11.1 Å². The number of carbonyl (C=O) groups excluding carboxylic acids is 1. The summed E-state index contributed by atoms with van der Waals surface area (Å²) in [5.74, 6) is -0.555. The number of halogens is 1. The van der Waals surface area contributed by atoms with Gasteiger partial charge in [-0.15, -0.1) is 0 Å². The van der Waals surface area contributed by atoms with Crippen molar-refractivity contribution in [3.63, 3.8) is 0 Å². The van der Waals surface area contributed by atoms with Crippen LogP contribution in [0.4, 0.5) is 10.1 Å². The van der Waals surface area contributed by atoms with Gasteiger partial charge < -0.3 is 5.32 Å². The van der Waals surface area contributed by atoms with E-state index in [1.165, 1.54) is 23.8 Å². The highest BCUT2D eigenvalue weighted by atomic mass is 19.1. The van der Waals surface area contributed by atoms with Gasteiger partial charge in [-0.3, -0.25) is 4.79 Å².